The van der Waals surface area contributed by atoms with E-state index in [1.54, 1.807) is 6.20 Å². The second-order valence-corrected chi connectivity index (χ2v) is 6.87. The predicted octanol–water partition coefficient (Wildman–Crippen LogP) is 2.24. The Kier molecular flexibility index (Phi) is 6.26. The van der Waals surface area contributed by atoms with Gasteiger partial charge in [0.25, 0.3) is 5.91 Å². The van der Waals surface area contributed by atoms with Crippen molar-refractivity contribution in [3.63, 3.8) is 0 Å². The molecule has 0 spiro atoms. The Hall–Kier alpha value is -1.40. The zero-order valence-corrected chi connectivity index (χ0v) is 14.6. The molecule has 3 atom stereocenters. The maximum absolute atomic E-state index is 12.8. The Bertz CT molecular complexity index is 500. The van der Waals surface area contributed by atoms with Crippen LogP contribution in [0.4, 0.5) is 0 Å². The van der Waals surface area contributed by atoms with Gasteiger partial charge in [0, 0.05) is 25.5 Å². The molecular formula is C18H29N3O3. The van der Waals surface area contributed by atoms with Crippen LogP contribution < -0.4 is 0 Å². The number of piperidine rings is 1. The van der Waals surface area contributed by atoms with Gasteiger partial charge in [-0.3, -0.25) is 9.48 Å². The summed E-state index contributed by atoms with van der Waals surface area (Å²) in [6.07, 6.45) is 10.1. The largest absolute Gasteiger partial charge is 0.376 e. The summed E-state index contributed by atoms with van der Waals surface area (Å²) in [5.74, 6) is 0.0997. The van der Waals surface area contributed by atoms with Crippen LogP contribution in [-0.4, -0.2) is 58.6 Å². The summed E-state index contributed by atoms with van der Waals surface area (Å²) in [7, 11) is 0. The first-order chi connectivity index (χ1) is 11.7. The van der Waals surface area contributed by atoms with E-state index in [9.17, 15) is 4.79 Å². The molecule has 1 aromatic heterocycles. The van der Waals surface area contributed by atoms with Gasteiger partial charge in [-0.05, 0) is 51.5 Å². The van der Waals surface area contributed by atoms with Crippen LogP contribution in [0.15, 0.2) is 18.5 Å². The topological polar surface area (TPSA) is 56.6 Å². The van der Waals surface area contributed by atoms with Crippen LogP contribution in [0.5, 0.6) is 0 Å². The van der Waals surface area contributed by atoms with E-state index in [-0.39, 0.29) is 18.1 Å². The van der Waals surface area contributed by atoms with Gasteiger partial charge in [0.1, 0.15) is 6.10 Å². The third kappa shape index (κ3) is 4.57. The second kappa shape index (κ2) is 8.62. The summed E-state index contributed by atoms with van der Waals surface area (Å²) in [5, 5.41) is 4.28. The van der Waals surface area contributed by atoms with Gasteiger partial charge < -0.3 is 14.4 Å². The highest BCUT2D eigenvalue weighted by molar-refractivity contribution is 5.81. The Balaban J connectivity index is 1.52. The third-order valence-electron chi connectivity index (χ3n) is 5.02. The summed E-state index contributed by atoms with van der Waals surface area (Å²) < 4.78 is 13.4. The van der Waals surface area contributed by atoms with E-state index in [1.807, 2.05) is 28.8 Å². The number of carbonyl (C=O) groups excluding carboxylic acids is 1. The minimum Gasteiger partial charge on any atom is -0.376 e. The van der Waals surface area contributed by atoms with E-state index in [1.165, 1.54) is 12.8 Å². The van der Waals surface area contributed by atoms with E-state index in [4.69, 9.17) is 9.47 Å². The lowest BCUT2D eigenvalue weighted by Crippen LogP contribution is -2.50. The molecular weight excluding hydrogens is 306 g/mol. The zero-order chi connectivity index (χ0) is 16.8. The van der Waals surface area contributed by atoms with Gasteiger partial charge in [0.2, 0.25) is 0 Å². The van der Waals surface area contributed by atoms with Gasteiger partial charge in [-0.15, -0.1) is 0 Å². The molecule has 0 saturated carbocycles. The van der Waals surface area contributed by atoms with Crippen molar-refractivity contribution in [2.24, 2.45) is 0 Å². The molecule has 0 aromatic carbocycles. The van der Waals surface area contributed by atoms with E-state index in [2.05, 4.69) is 5.10 Å². The number of amides is 1. The molecule has 0 bridgehead atoms. The van der Waals surface area contributed by atoms with Gasteiger partial charge in [0.05, 0.1) is 25.3 Å². The van der Waals surface area contributed by atoms with Crippen molar-refractivity contribution < 1.29 is 14.3 Å². The molecule has 1 amide bonds. The molecule has 0 aliphatic carbocycles. The molecule has 1 aromatic rings. The quantitative estimate of drug-likeness (QED) is 0.800. The van der Waals surface area contributed by atoms with Crippen molar-refractivity contribution in [3.8, 4) is 0 Å². The lowest BCUT2D eigenvalue weighted by Gasteiger charge is -2.37. The Morgan fingerprint density at radius 3 is 2.96 bits per heavy atom. The number of rotatable bonds is 6. The van der Waals surface area contributed by atoms with Crippen LogP contribution >= 0.6 is 0 Å². The summed E-state index contributed by atoms with van der Waals surface area (Å²) in [4.78, 5) is 14.8. The molecule has 6 heteroatoms. The van der Waals surface area contributed by atoms with E-state index >= 15 is 0 Å². The molecule has 2 aliphatic heterocycles. The average molecular weight is 335 g/mol. The number of carbonyl (C=O) groups is 1. The zero-order valence-electron chi connectivity index (χ0n) is 14.6. The normalized spacial score (nSPS) is 26.3. The fourth-order valence-corrected chi connectivity index (χ4v) is 3.60. The van der Waals surface area contributed by atoms with Crippen LogP contribution in [0.25, 0.3) is 0 Å². The lowest BCUT2D eigenvalue weighted by atomic mass is 10.0. The maximum Gasteiger partial charge on any atom is 0.251 e. The second-order valence-electron chi connectivity index (χ2n) is 6.87. The number of hydrogen-bond acceptors (Lipinski definition) is 4. The molecule has 3 rings (SSSR count). The predicted molar refractivity (Wildman–Crippen MR) is 90.6 cm³/mol. The van der Waals surface area contributed by atoms with Gasteiger partial charge in [-0.25, -0.2) is 0 Å². The molecule has 2 saturated heterocycles. The maximum atomic E-state index is 12.8. The SMILES string of the molecule is C[C@H](OC[C@H]1CCCCO1)C(=O)N1CCCC[C@H]1Cn1cccn1. The van der Waals surface area contributed by atoms with Gasteiger partial charge in [0.15, 0.2) is 0 Å². The highest BCUT2D eigenvalue weighted by Crippen LogP contribution is 2.20. The molecule has 3 heterocycles. The summed E-state index contributed by atoms with van der Waals surface area (Å²) in [6.45, 7) is 4.78. The van der Waals surface area contributed by atoms with Crippen molar-refractivity contribution >= 4 is 5.91 Å². The molecule has 0 radical (unpaired) electrons. The van der Waals surface area contributed by atoms with Gasteiger partial charge in [-0.1, -0.05) is 0 Å². The Morgan fingerprint density at radius 2 is 2.21 bits per heavy atom. The van der Waals surface area contributed by atoms with Crippen LogP contribution in [0.1, 0.15) is 45.4 Å². The third-order valence-corrected chi connectivity index (χ3v) is 5.02. The molecule has 2 aliphatic rings. The lowest BCUT2D eigenvalue weighted by molar-refractivity contribution is -0.150. The molecule has 0 N–H and O–H groups in total. The number of likely N-dealkylation sites (tertiary alicyclic amines) is 1. The summed E-state index contributed by atoms with van der Waals surface area (Å²) >= 11 is 0. The smallest absolute Gasteiger partial charge is 0.251 e. The minimum atomic E-state index is -0.409. The average Bonchev–Trinajstić information content (AvgIpc) is 3.13. The molecule has 134 valence electrons. The van der Waals surface area contributed by atoms with Crippen LogP contribution in [-0.2, 0) is 20.8 Å². The van der Waals surface area contributed by atoms with Gasteiger partial charge in [-0.2, -0.15) is 5.10 Å². The Morgan fingerprint density at radius 1 is 1.33 bits per heavy atom. The summed E-state index contributed by atoms with van der Waals surface area (Å²) in [5.41, 5.74) is 0. The Labute approximate surface area is 144 Å². The first kappa shape index (κ1) is 17.4. The fourth-order valence-electron chi connectivity index (χ4n) is 3.60. The minimum absolute atomic E-state index is 0.0997. The number of nitrogens with zero attached hydrogens (tertiary/aromatic N) is 3. The highest BCUT2D eigenvalue weighted by Gasteiger charge is 2.31. The molecule has 0 unspecified atom stereocenters. The molecule has 6 nitrogen and oxygen atoms in total. The number of hydrogen-bond donors (Lipinski definition) is 0. The first-order valence-corrected chi connectivity index (χ1v) is 9.25. The van der Waals surface area contributed by atoms with Crippen molar-refractivity contribution in [1.82, 2.24) is 14.7 Å². The highest BCUT2D eigenvalue weighted by atomic mass is 16.5. The van der Waals surface area contributed by atoms with Crippen molar-refractivity contribution in [2.45, 2.75) is 70.2 Å². The van der Waals surface area contributed by atoms with Crippen LogP contribution in [0, 0.1) is 0 Å². The van der Waals surface area contributed by atoms with Crippen molar-refractivity contribution in [2.75, 3.05) is 19.8 Å². The van der Waals surface area contributed by atoms with E-state index in [0.29, 0.717) is 6.61 Å². The van der Waals surface area contributed by atoms with Gasteiger partial charge >= 0.3 is 0 Å². The van der Waals surface area contributed by atoms with Crippen LogP contribution in [0.3, 0.4) is 0 Å². The molecule has 2 fully saturated rings. The number of ether oxygens (including phenoxy) is 2. The van der Waals surface area contributed by atoms with Crippen molar-refractivity contribution in [1.29, 1.82) is 0 Å². The first-order valence-electron chi connectivity index (χ1n) is 9.25. The van der Waals surface area contributed by atoms with Crippen LogP contribution in [0.2, 0.25) is 0 Å². The van der Waals surface area contributed by atoms with E-state index in [0.717, 1.165) is 45.4 Å². The fraction of sp³-hybridized carbons (Fsp3) is 0.778. The summed E-state index contributed by atoms with van der Waals surface area (Å²) in [6, 6.07) is 2.13. The monoisotopic (exact) mass is 335 g/mol. The standard InChI is InChI=1S/C18H29N3O3/c1-15(24-14-17-8-3-5-12-23-17)18(22)21-11-4-2-7-16(21)13-20-10-6-9-19-20/h6,9-10,15-17H,2-5,7-8,11-14H2,1H3/t15-,16-,17+/m0/s1. The van der Waals surface area contributed by atoms with E-state index < -0.39 is 6.10 Å². The van der Waals surface area contributed by atoms with Crippen molar-refractivity contribution in [3.05, 3.63) is 18.5 Å². The molecule has 24 heavy (non-hydrogen) atoms. The number of aromatic nitrogens is 2.